The topological polar surface area (TPSA) is 52.7 Å². The van der Waals surface area contributed by atoms with Crippen LogP contribution in [0.15, 0.2) is 72.8 Å². The molecule has 3 aromatic rings. The van der Waals surface area contributed by atoms with E-state index in [0.29, 0.717) is 43.9 Å². The maximum Gasteiger partial charge on any atom is 0.255 e. The lowest BCUT2D eigenvalue weighted by Crippen LogP contribution is -2.52. The Kier molecular flexibility index (Phi) is 7.60. The maximum absolute atomic E-state index is 13.8. The molecule has 0 saturated carbocycles. The van der Waals surface area contributed by atoms with Gasteiger partial charge in [0.2, 0.25) is 5.91 Å². The number of hydrogen-bond donors (Lipinski definition) is 1. The van der Waals surface area contributed by atoms with Crippen LogP contribution in [0.5, 0.6) is 0 Å². The third-order valence-corrected chi connectivity index (χ3v) is 6.43. The zero-order valence-corrected chi connectivity index (χ0v) is 19.8. The molecule has 1 saturated heterocycles. The van der Waals surface area contributed by atoms with Crippen molar-refractivity contribution in [3.8, 4) is 0 Å². The molecule has 1 aliphatic heterocycles. The van der Waals surface area contributed by atoms with Gasteiger partial charge in [-0.1, -0.05) is 72.3 Å². The Morgan fingerprint density at radius 1 is 0.971 bits per heavy atom. The predicted octanol–water partition coefficient (Wildman–Crippen LogP) is 4.60. The van der Waals surface area contributed by atoms with Gasteiger partial charge in [0.1, 0.15) is 11.9 Å². The van der Waals surface area contributed by atoms with Crippen molar-refractivity contribution in [1.82, 2.24) is 15.1 Å². The van der Waals surface area contributed by atoms with Gasteiger partial charge in [-0.2, -0.15) is 0 Å². The molecule has 0 aliphatic carbocycles. The highest BCUT2D eigenvalue weighted by molar-refractivity contribution is 6.33. The van der Waals surface area contributed by atoms with Crippen LogP contribution in [0.4, 0.5) is 4.39 Å². The van der Waals surface area contributed by atoms with Gasteiger partial charge in [0.15, 0.2) is 0 Å². The van der Waals surface area contributed by atoms with E-state index in [0.717, 1.165) is 11.1 Å². The van der Waals surface area contributed by atoms with E-state index in [4.69, 9.17) is 11.6 Å². The number of hydrogen-bond acceptors (Lipinski definition) is 3. The molecule has 7 heteroatoms. The lowest BCUT2D eigenvalue weighted by Gasteiger charge is -2.39. The number of amides is 2. The molecule has 1 heterocycles. The van der Waals surface area contributed by atoms with E-state index in [1.165, 1.54) is 12.1 Å². The SMILES string of the molecule is Cc1cc(C(=O)N2CCN(C(C(=O)NCc3ccccc3)c3ccccc3)CC2)c(Cl)cc1F. The van der Waals surface area contributed by atoms with E-state index in [9.17, 15) is 14.0 Å². The maximum atomic E-state index is 13.8. The molecule has 1 N–H and O–H groups in total. The first-order valence-electron chi connectivity index (χ1n) is 11.3. The van der Waals surface area contributed by atoms with Crippen molar-refractivity contribution in [2.75, 3.05) is 26.2 Å². The Balaban J connectivity index is 1.46. The Bertz CT molecular complexity index is 1150. The normalized spacial score (nSPS) is 15.1. The summed E-state index contributed by atoms with van der Waals surface area (Å²) in [5, 5.41) is 3.17. The zero-order valence-electron chi connectivity index (χ0n) is 19.0. The number of rotatable bonds is 6. The molecule has 0 radical (unpaired) electrons. The summed E-state index contributed by atoms with van der Waals surface area (Å²) >= 11 is 6.15. The highest BCUT2D eigenvalue weighted by atomic mass is 35.5. The van der Waals surface area contributed by atoms with Crippen molar-refractivity contribution in [2.24, 2.45) is 0 Å². The van der Waals surface area contributed by atoms with Gasteiger partial charge in [-0.05, 0) is 35.7 Å². The van der Waals surface area contributed by atoms with Crippen LogP contribution in [0.2, 0.25) is 5.02 Å². The lowest BCUT2D eigenvalue weighted by molar-refractivity contribution is -0.127. The summed E-state index contributed by atoms with van der Waals surface area (Å²) in [5.41, 5.74) is 2.62. The Hall–Kier alpha value is -3.22. The molecule has 1 atom stereocenters. The van der Waals surface area contributed by atoms with Crippen LogP contribution < -0.4 is 5.32 Å². The summed E-state index contributed by atoms with van der Waals surface area (Å²) in [4.78, 5) is 30.1. The van der Waals surface area contributed by atoms with E-state index in [1.54, 1.807) is 11.8 Å². The van der Waals surface area contributed by atoms with Gasteiger partial charge in [0.05, 0.1) is 10.6 Å². The minimum absolute atomic E-state index is 0.0768. The van der Waals surface area contributed by atoms with Gasteiger partial charge in [-0.3, -0.25) is 14.5 Å². The van der Waals surface area contributed by atoms with Crippen LogP contribution in [0.1, 0.15) is 33.1 Å². The molecule has 5 nitrogen and oxygen atoms in total. The Morgan fingerprint density at radius 2 is 1.59 bits per heavy atom. The summed E-state index contributed by atoms with van der Waals surface area (Å²) in [6, 6.07) is 21.7. The number of nitrogens with one attached hydrogen (secondary N) is 1. The van der Waals surface area contributed by atoms with E-state index < -0.39 is 11.9 Å². The molecule has 1 aliphatic rings. The first-order chi connectivity index (χ1) is 16.4. The van der Waals surface area contributed by atoms with E-state index >= 15 is 0 Å². The highest BCUT2D eigenvalue weighted by Gasteiger charge is 2.32. The number of carbonyl (C=O) groups is 2. The number of aryl methyl sites for hydroxylation is 1. The standard InChI is InChI=1S/C27H27ClFN3O2/c1-19-16-22(23(28)17-24(19)29)27(34)32-14-12-31(13-15-32)25(21-10-6-3-7-11-21)26(33)30-18-20-8-4-2-5-9-20/h2-11,16-17,25H,12-15,18H2,1H3,(H,30,33). The van der Waals surface area contributed by atoms with Gasteiger partial charge in [0.25, 0.3) is 5.91 Å². The van der Waals surface area contributed by atoms with Crippen molar-refractivity contribution in [2.45, 2.75) is 19.5 Å². The lowest BCUT2D eigenvalue weighted by atomic mass is 10.0. The van der Waals surface area contributed by atoms with Crippen molar-refractivity contribution < 1.29 is 14.0 Å². The summed E-state index contributed by atoms with van der Waals surface area (Å²) in [6.45, 7) is 4.01. The summed E-state index contributed by atoms with van der Waals surface area (Å²) in [6.07, 6.45) is 0. The predicted molar refractivity (Wildman–Crippen MR) is 131 cm³/mol. The summed E-state index contributed by atoms with van der Waals surface area (Å²) in [7, 11) is 0. The monoisotopic (exact) mass is 479 g/mol. The molecule has 176 valence electrons. The Labute approximate surface area is 204 Å². The fourth-order valence-corrected chi connectivity index (χ4v) is 4.45. The van der Waals surface area contributed by atoms with Crippen molar-refractivity contribution in [3.63, 3.8) is 0 Å². The van der Waals surface area contributed by atoms with Gasteiger partial charge < -0.3 is 10.2 Å². The van der Waals surface area contributed by atoms with Crippen LogP contribution in [-0.4, -0.2) is 47.8 Å². The van der Waals surface area contributed by atoms with Gasteiger partial charge in [-0.15, -0.1) is 0 Å². The number of piperazine rings is 1. The number of halogens is 2. The largest absolute Gasteiger partial charge is 0.350 e. The van der Waals surface area contributed by atoms with Crippen molar-refractivity contribution in [1.29, 1.82) is 0 Å². The smallest absolute Gasteiger partial charge is 0.255 e. The molecule has 0 spiro atoms. The molecular formula is C27H27ClFN3O2. The van der Waals surface area contributed by atoms with Crippen LogP contribution in [0.3, 0.4) is 0 Å². The first-order valence-corrected chi connectivity index (χ1v) is 11.7. The highest BCUT2D eigenvalue weighted by Crippen LogP contribution is 2.26. The Morgan fingerprint density at radius 3 is 2.24 bits per heavy atom. The van der Waals surface area contributed by atoms with Crippen molar-refractivity contribution in [3.05, 3.63) is 106 Å². The van der Waals surface area contributed by atoms with E-state index in [-0.39, 0.29) is 16.8 Å². The average molecular weight is 480 g/mol. The molecule has 0 bridgehead atoms. The molecule has 34 heavy (non-hydrogen) atoms. The van der Waals surface area contributed by atoms with Crippen LogP contribution in [-0.2, 0) is 11.3 Å². The van der Waals surface area contributed by atoms with Gasteiger partial charge in [-0.25, -0.2) is 4.39 Å². The molecule has 1 fully saturated rings. The average Bonchev–Trinajstić information content (AvgIpc) is 2.86. The van der Waals surface area contributed by atoms with E-state index in [1.807, 2.05) is 60.7 Å². The minimum Gasteiger partial charge on any atom is -0.350 e. The van der Waals surface area contributed by atoms with Crippen LogP contribution in [0.25, 0.3) is 0 Å². The van der Waals surface area contributed by atoms with Crippen LogP contribution in [0, 0.1) is 12.7 Å². The summed E-state index contributed by atoms with van der Waals surface area (Å²) in [5.74, 6) is -0.733. The third kappa shape index (κ3) is 5.46. The van der Waals surface area contributed by atoms with E-state index in [2.05, 4.69) is 10.2 Å². The molecular weight excluding hydrogens is 453 g/mol. The zero-order chi connectivity index (χ0) is 24.1. The van der Waals surface area contributed by atoms with Crippen LogP contribution >= 0.6 is 11.6 Å². The molecule has 3 aromatic carbocycles. The second kappa shape index (κ2) is 10.8. The molecule has 1 unspecified atom stereocenters. The molecule has 2 amide bonds. The van der Waals surface area contributed by atoms with Crippen molar-refractivity contribution >= 4 is 23.4 Å². The number of carbonyl (C=O) groups excluding carboxylic acids is 2. The second-order valence-electron chi connectivity index (χ2n) is 8.43. The molecule has 0 aromatic heterocycles. The second-order valence-corrected chi connectivity index (χ2v) is 8.83. The summed E-state index contributed by atoms with van der Waals surface area (Å²) < 4.78 is 13.8. The fraction of sp³-hybridized carbons (Fsp3) is 0.259. The van der Waals surface area contributed by atoms with Gasteiger partial charge >= 0.3 is 0 Å². The number of benzene rings is 3. The third-order valence-electron chi connectivity index (χ3n) is 6.12. The van der Waals surface area contributed by atoms with Gasteiger partial charge in [0, 0.05) is 32.7 Å². The fourth-order valence-electron chi connectivity index (χ4n) is 4.22. The minimum atomic E-state index is -0.459. The number of nitrogens with zero attached hydrogens (tertiary/aromatic N) is 2. The first kappa shape index (κ1) is 23.9. The quantitative estimate of drug-likeness (QED) is 0.562. The molecule has 4 rings (SSSR count).